The maximum atomic E-state index is 14.6. The van der Waals surface area contributed by atoms with Crippen molar-refractivity contribution >= 4 is 43.6 Å². The second-order valence-corrected chi connectivity index (χ2v) is 12.4. The maximum Gasteiger partial charge on any atom is 0.255 e. The first kappa shape index (κ1) is 28.3. The SMILES string of the molecule is CNC(=O)c1c(-c2ccc(OC)nc2)oc2cc(N(C)S(C)(=O)=O)c(-c3ccc4c(n3)-c3nc5c(F)cccc5n3CO4)cc12. The smallest absolute Gasteiger partial charge is 0.255 e. The van der Waals surface area contributed by atoms with Crippen LogP contribution in [0.3, 0.4) is 0 Å². The van der Waals surface area contributed by atoms with Crippen LogP contribution in [0.25, 0.3) is 56.1 Å². The number of furan rings is 1. The van der Waals surface area contributed by atoms with Crippen LogP contribution in [0.4, 0.5) is 10.1 Å². The van der Waals surface area contributed by atoms with Gasteiger partial charge in [0, 0.05) is 48.9 Å². The number of carbonyl (C=O) groups excluding carboxylic acids is 1. The molecule has 0 fully saturated rings. The van der Waals surface area contributed by atoms with Crippen LogP contribution < -0.4 is 19.1 Å². The van der Waals surface area contributed by atoms with E-state index in [4.69, 9.17) is 18.9 Å². The topological polar surface area (TPSA) is 142 Å². The summed E-state index contributed by atoms with van der Waals surface area (Å²) in [5, 5.41) is 3.08. The van der Waals surface area contributed by atoms with Crippen LogP contribution in [0.5, 0.6) is 11.6 Å². The van der Waals surface area contributed by atoms with Crippen molar-refractivity contribution in [3.8, 4) is 45.7 Å². The summed E-state index contributed by atoms with van der Waals surface area (Å²) in [7, 11) is 0.667. The van der Waals surface area contributed by atoms with Gasteiger partial charge in [-0.25, -0.2) is 27.8 Å². The first-order valence-corrected chi connectivity index (χ1v) is 15.5. The van der Waals surface area contributed by atoms with Crippen molar-refractivity contribution in [1.82, 2.24) is 24.8 Å². The number of pyridine rings is 2. The summed E-state index contributed by atoms with van der Waals surface area (Å²) >= 11 is 0. The average molecular weight is 629 g/mol. The molecule has 1 amide bonds. The third kappa shape index (κ3) is 4.52. The number of nitrogens with one attached hydrogen (secondary N) is 1. The molecule has 0 saturated heterocycles. The van der Waals surface area contributed by atoms with Gasteiger partial charge in [0.2, 0.25) is 15.9 Å². The lowest BCUT2D eigenvalue weighted by molar-refractivity contribution is 0.0964. The summed E-state index contributed by atoms with van der Waals surface area (Å²) in [4.78, 5) is 26.9. The molecule has 0 atom stereocenters. The number of carbonyl (C=O) groups is 1. The number of aromatic nitrogens is 4. The molecule has 0 bridgehead atoms. The lowest BCUT2D eigenvalue weighted by Gasteiger charge is -2.22. The van der Waals surface area contributed by atoms with Gasteiger partial charge in [-0.15, -0.1) is 0 Å². The minimum absolute atomic E-state index is 0.116. The number of ether oxygens (including phenoxy) is 2. The van der Waals surface area contributed by atoms with Crippen molar-refractivity contribution in [2.24, 2.45) is 0 Å². The molecule has 1 aliphatic rings. The van der Waals surface area contributed by atoms with E-state index < -0.39 is 21.7 Å². The number of rotatable bonds is 6. The Morgan fingerprint density at radius 2 is 1.96 bits per heavy atom. The average Bonchev–Trinajstić information content (AvgIpc) is 3.62. The quantitative estimate of drug-likeness (QED) is 0.275. The molecule has 4 aromatic heterocycles. The fourth-order valence-corrected chi connectivity index (χ4v) is 5.91. The highest BCUT2D eigenvalue weighted by Gasteiger charge is 2.29. The Bertz CT molecular complexity index is 2280. The van der Waals surface area contributed by atoms with Gasteiger partial charge in [0.15, 0.2) is 24.1 Å². The van der Waals surface area contributed by atoms with Crippen molar-refractivity contribution < 1.29 is 31.5 Å². The zero-order valence-electron chi connectivity index (χ0n) is 24.5. The molecular formula is C31H25FN6O6S. The number of nitrogens with zero attached hydrogens (tertiary/aromatic N) is 5. The number of fused-ring (bicyclic) bond motifs is 6. The first-order chi connectivity index (χ1) is 21.6. The van der Waals surface area contributed by atoms with E-state index in [1.54, 1.807) is 53.1 Å². The number of amides is 1. The Morgan fingerprint density at radius 3 is 2.67 bits per heavy atom. The number of methoxy groups -OCH3 is 1. The standard InChI is InChI=1S/C31H25FN6O6S/c1-33-31(39)26-18-12-17(20-9-10-23-28(35-20)30-36-27-19(32)6-5-7-21(27)38(30)15-43-23)22(37(2)45(4,40)41)13-24(18)44-29(26)16-8-11-25(42-3)34-14-16/h5-14H,15H2,1-4H3,(H,33,39). The van der Waals surface area contributed by atoms with E-state index in [9.17, 15) is 17.6 Å². The van der Waals surface area contributed by atoms with E-state index in [2.05, 4.69) is 15.3 Å². The lowest BCUT2D eigenvalue weighted by Crippen LogP contribution is -2.25. The number of sulfonamides is 1. The van der Waals surface area contributed by atoms with Crippen molar-refractivity contribution in [2.75, 3.05) is 31.8 Å². The van der Waals surface area contributed by atoms with E-state index in [1.165, 1.54) is 33.5 Å². The van der Waals surface area contributed by atoms with Gasteiger partial charge >= 0.3 is 0 Å². The van der Waals surface area contributed by atoms with Gasteiger partial charge in [0.25, 0.3) is 5.91 Å². The van der Waals surface area contributed by atoms with Gasteiger partial charge in [-0.2, -0.15) is 0 Å². The minimum atomic E-state index is -3.75. The van der Waals surface area contributed by atoms with Crippen molar-refractivity contribution in [1.29, 1.82) is 0 Å². The summed E-state index contributed by atoms with van der Waals surface area (Å²) in [6.07, 6.45) is 2.60. The minimum Gasteiger partial charge on any atom is -0.481 e. The van der Waals surface area contributed by atoms with Gasteiger partial charge in [0.1, 0.15) is 22.6 Å². The zero-order valence-corrected chi connectivity index (χ0v) is 25.3. The van der Waals surface area contributed by atoms with Crippen LogP contribution in [0.2, 0.25) is 0 Å². The normalized spacial score (nSPS) is 12.5. The molecule has 1 N–H and O–H groups in total. The Kier molecular flexibility index (Phi) is 6.47. The lowest BCUT2D eigenvalue weighted by atomic mass is 10.0. The predicted octanol–water partition coefficient (Wildman–Crippen LogP) is 4.83. The van der Waals surface area contributed by atoms with Crippen molar-refractivity contribution in [3.05, 3.63) is 72.2 Å². The highest BCUT2D eigenvalue weighted by molar-refractivity contribution is 7.92. The molecule has 0 radical (unpaired) electrons. The Hall–Kier alpha value is -5.50. The Morgan fingerprint density at radius 1 is 1.13 bits per heavy atom. The number of hydrogen-bond acceptors (Lipinski definition) is 9. The second kappa shape index (κ2) is 10.3. The first-order valence-electron chi connectivity index (χ1n) is 13.6. The molecule has 1 aliphatic heterocycles. The number of para-hydroxylation sites is 1. The number of halogens is 1. The molecule has 14 heteroatoms. The van der Waals surface area contributed by atoms with E-state index in [-0.39, 0.29) is 34.8 Å². The van der Waals surface area contributed by atoms with Crippen LogP contribution in [0.1, 0.15) is 10.4 Å². The number of imidazole rings is 1. The van der Waals surface area contributed by atoms with E-state index >= 15 is 0 Å². The molecule has 228 valence electrons. The molecule has 0 unspecified atom stereocenters. The molecule has 2 aromatic carbocycles. The van der Waals surface area contributed by atoms with Crippen molar-refractivity contribution in [3.63, 3.8) is 0 Å². The van der Waals surface area contributed by atoms with Gasteiger partial charge in [0.05, 0.1) is 35.8 Å². The summed E-state index contributed by atoms with van der Waals surface area (Å²) < 4.78 is 60.4. The summed E-state index contributed by atoms with van der Waals surface area (Å²) in [6, 6.07) is 14.6. The predicted molar refractivity (Wildman–Crippen MR) is 165 cm³/mol. The van der Waals surface area contributed by atoms with Gasteiger partial charge in [-0.1, -0.05) is 6.07 Å². The largest absolute Gasteiger partial charge is 0.481 e. The fourth-order valence-electron chi connectivity index (χ4n) is 5.40. The fraction of sp³-hybridized carbons (Fsp3) is 0.161. The monoisotopic (exact) mass is 628 g/mol. The molecule has 5 heterocycles. The van der Waals surface area contributed by atoms with Crippen LogP contribution in [0, 0.1) is 5.82 Å². The molecule has 0 saturated carbocycles. The van der Waals surface area contributed by atoms with E-state index in [0.717, 1.165) is 10.6 Å². The molecule has 6 aromatic rings. The highest BCUT2D eigenvalue weighted by Crippen LogP contribution is 2.43. The van der Waals surface area contributed by atoms with E-state index in [0.29, 0.717) is 50.9 Å². The molecule has 12 nitrogen and oxygen atoms in total. The maximum absolute atomic E-state index is 14.6. The number of anilines is 1. The second-order valence-electron chi connectivity index (χ2n) is 10.4. The zero-order chi connectivity index (χ0) is 31.6. The van der Waals surface area contributed by atoms with Gasteiger partial charge in [-0.3, -0.25) is 13.7 Å². The molecular weight excluding hydrogens is 603 g/mol. The van der Waals surface area contributed by atoms with Crippen LogP contribution >= 0.6 is 0 Å². The van der Waals surface area contributed by atoms with Crippen LogP contribution in [0.15, 0.2) is 65.2 Å². The Labute approximate surface area is 256 Å². The van der Waals surface area contributed by atoms with Gasteiger partial charge < -0.3 is 19.2 Å². The molecule has 0 spiro atoms. The van der Waals surface area contributed by atoms with Crippen molar-refractivity contribution in [2.45, 2.75) is 6.73 Å². The summed E-state index contributed by atoms with van der Waals surface area (Å²) in [6.45, 7) is 0.116. The number of hydrogen-bond donors (Lipinski definition) is 1. The number of benzene rings is 2. The molecule has 45 heavy (non-hydrogen) atoms. The third-order valence-corrected chi connectivity index (χ3v) is 8.92. The van der Waals surface area contributed by atoms with E-state index in [1.807, 2.05) is 0 Å². The molecule has 7 rings (SSSR count). The van der Waals surface area contributed by atoms with Crippen LogP contribution in [-0.2, 0) is 16.8 Å². The highest BCUT2D eigenvalue weighted by atomic mass is 32.2. The molecule has 0 aliphatic carbocycles. The van der Waals surface area contributed by atoms with Crippen LogP contribution in [-0.4, -0.2) is 61.3 Å². The Balaban J connectivity index is 1.48. The summed E-state index contributed by atoms with van der Waals surface area (Å²) in [5.41, 5.74) is 3.11. The summed E-state index contributed by atoms with van der Waals surface area (Å²) in [5.74, 6) is 0.573. The third-order valence-electron chi connectivity index (χ3n) is 7.73. The van der Waals surface area contributed by atoms with Gasteiger partial charge in [-0.05, 0) is 36.4 Å².